The largest absolute Gasteiger partial charge is 0.309 e. The fraction of sp³-hybridized carbons (Fsp3) is 0.333. The molecule has 1 N–H and O–H groups in total. The number of nitrogens with one attached hydrogen (secondary N) is 1. The summed E-state index contributed by atoms with van der Waals surface area (Å²) in [7, 11) is 0. The lowest BCUT2D eigenvalue weighted by Crippen LogP contribution is -2.24. The van der Waals surface area contributed by atoms with Crippen molar-refractivity contribution in [2.24, 2.45) is 5.92 Å². The van der Waals surface area contributed by atoms with Crippen LogP contribution in [0.25, 0.3) is 10.9 Å². The zero-order chi connectivity index (χ0) is 12.4. The SMILES string of the molecule is O=C(CNCC1CC1)c1ccc2ncccc2c1. The predicted octanol–water partition coefficient (Wildman–Crippen LogP) is 2.42. The molecular formula is C15H16N2O. The number of ketones is 1. The Morgan fingerprint density at radius 2 is 2.22 bits per heavy atom. The maximum Gasteiger partial charge on any atom is 0.176 e. The van der Waals surface area contributed by atoms with Gasteiger partial charge in [0.25, 0.3) is 0 Å². The molecule has 0 bridgehead atoms. The Kier molecular flexibility index (Phi) is 3.07. The third kappa shape index (κ3) is 2.57. The monoisotopic (exact) mass is 240 g/mol. The van der Waals surface area contributed by atoms with Gasteiger partial charge in [0.15, 0.2) is 5.78 Å². The molecule has 3 nitrogen and oxygen atoms in total. The minimum Gasteiger partial charge on any atom is -0.309 e. The molecule has 1 aromatic heterocycles. The van der Waals surface area contributed by atoms with Crippen molar-refractivity contribution in [3.05, 3.63) is 42.1 Å². The van der Waals surface area contributed by atoms with E-state index < -0.39 is 0 Å². The Morgan fingerprint density at radius 3 is 3.06 bits per heavy atom. The molecule has 2 aromatic rings. The summed E-state index contributed by atoms with van der Waals surface area (Å²) in [5, 5.41) is 4.25. The van der Waals surface area contributed by atoms with Gasteiger partial charge in [-0.25, -0.2) is 0 Å². The van der Waals surface area contributed by atoms with Crippen LogP contribution in [0, 0.1) is 5.92 Å². The predicted molar refractivity (Wildman–Crippen MR) is 71.7 cm³/mol. The van der Waals surface area contributed by atoms with Crippen LogP contribution in [-0.4, -0.2) is 23.9 Å². The first kappa shape index (κ1) is 11.4. The molecule has 1 fully saturated rings. The number of hydrogen-bond donors (Lipinski definition) is 1. The Balaban J connectivity index is 1.69. The van der Waals surface area contributed by atoms with Crippen LogP contribution >= 0.6 is 0 Å². The molecule has 1 saturated carbocycles. The van der Waals surface area contributed by atoms with Gasteiger partial charge in [-0.2, -0.15) is 0 Å². The number of Topliss-reactive ketones (excluding diaryl/α,β-unsaturated/α-hetero) is 1. The van der Waals surface area contributed by atoms with Crippen molar-refractivity contribution in [2.75, 3.05) is 13.1 Å². The zero-order valence-corrected chi connectivity index (χ0v) is 10.2. The summed E-state index contributed by atoms with van der Waals surface area (Å²) in [6.45, 7) is 1.41. The highest BCUT2D eigenvalue weighted by molar-refractivity contribution is 6.00. The van der Waals surface area contributed by atoms with Crippen LogP contribution in [0.3, 0.4) is 0 Å². The van der Waals surface area contributed by atoms with E-state index in [-0.39, 0.29) is 5.78 Å². The van der Waals surface area contributed by atoms with Gasteiger partial charge in [0.2, 0.25) is 0 Å². The number of benzene rings is 1. The summed E-state index contributed by atoms with van der Waals surface area (Å²) >= 11 is 0. The van der Waals surface area contributed by atoms with Gasteiger partial charge in [-0.05, 0) is 49.6 Å². The summed E-state index contributed by atoms with van der Waals surface area (Å²) in [6.07, 6.45) is 4.38. The molecule has 92 valence electrons. The maximum absolute atomic E-state index is 12.0. The number of fused-ring (bicyclic) bond motifs is 1. The normalized spacial score (nSPS) is 14.9. The van der Waals surface area contributed by atoms with Crippen LogP contribution in [-0.2, 0) is 0 Å². The maximum atomic E-state index is 12.0. The Hall–Kier alpha value is -1.74. The van der Waals surface area contributed by atoms with E-state index in [9.17, 15) is 4.79 Å². The van der Waals surface area contributed by atoms with E-state index in [0.717, 1.165) is 28.9 Å². The molecule has 0 spiro atoms. The van der Waals surface area contributed by atoms with Crippen molar-refractivity contribution in [3.63, 3.8) is 0 Å². The average molecular weight is 240 g/mol. The van der Waals surface area contributed by atoms with Crippen LogP contribution in [0.15, 0.2) is 36.5 Å². The minimum atomic E-state index is 0.154. The highest BCUT2D eigenvalue weighted by Crippen LogP contribution is 2.27. The van der Waals surface area contributed by atoms with Crippen LogP contribution in [0.4, 0.5) is 0 Å². The molecule has 0 radical (unpaired) electrons. The summed E-state index contributed by atoms with van der Waals surface area (Å²) in [5.41, 5.74) is 1.69. The number of pyridine rings is 1. The molecule has 3 rings (SSSR count). The first-order valence-electron chi connectivity index (χ1n) is 6.41. The van der Waals surface area contributed by atoms with Crippen LogP contribution in [0.1, 0.15) is 23.2 Å². The number of carbonyl (C=O) groups excluding carboxylic acids is 1. The Morgan fingerprint density at radius 1 is 1.33 bits per heavy atom. The quantitative estimate of drug-likeness (QED) is 0.816. The first-order chi connectivity index (χ1) is 8.83. The second-order valence-electron chi connectivity index (χ2n) is 4.91. The minimum absolute atomic E-state index is 0.154. The molecule has 0 aliphatic heterocycles. The molecule has 0 atom stereocenters. The third-order valence-electron chi connectivity index (χ3n) is 3.34. The second kappa shape index (κ2) is 4.86. The first-order valence-corrected chi connectivity index (χ1v) is 6.41. The van der Waals surface area contributed by atoms with Gasteiger partial charge in [-0.15, -0.1) is 0 Å². The second-order valence-corrected chi connectivity index (χ2v) is 4.91. The third-order valence-corrected chi connectivity index (χ3v) is 3.34. The summed E-state index contributed by atoms with van der Waals surface area (Å²) in [4.78, 5) is 16.3. The van der Waals surface area contributed by atoms with E-state index in [2.05, 4.69) is 10.3 Å². The molecule has 3 heteroatoms. The van der Waals surface area contributed by atoms with Crippen LogP contribution in [0.5, 0.6) is 0 Å². The molecular weight excluding hydrogens is 224 g/mol. The van der Waals surface area contributed by atoms with Gasteiger partial charge < -0.3 is 5.32 Å². The fourth-order valence-corrected chi connectivity index (χ4v) is 2.06. The van der Waals surface area contributed by atoms with Gasteiger partial charge in [-0.3, -0.25) is 9.78 Å². The number of nitrogens with zero attached hydrogens (tertiary/aromatic N) is 1. The van der Waals surface area contributed by atoms with Gasteiger partial charge >= 0.3 is 0 Å². The lowest BCUT2D eigenvalue weighted by atomic mass is 10.1. The molecule has 18 heavy (non-hydrogen) atoms. The molecule has 1 aliphatic rings. The molecule has 0 unspecified atom stereocenters. The summed E-state index contributed by atoms with van der Waals surface area (Å²) in [6, 6.07) is 9.56. The van der Waals surface area contributed by atoms with Gasteiger partial charge in [0.1, 0.15) is 0 Å². The van der Waals surface area contributed by atoms with Gasteiger partial charge in [0, 0.05) is 17.1 Å². The van der Waals surface area contributed by atoms with Crippen LogP contribution < -0.4 is 5.32 Å². The van der Waals surface area contributed by atoms with E-state index in [1.54, 1.807) is 6.20 Å². The molecule has 0 saturated heterocycles. The number of aromatic nitrogens is 1. The average Bonchev–Trinajstić information content (AvgIpc) is 3.22. The fourth-order valence-electron chi connectivity index (χ4n) is 2.06. The van der Waals surface area contributed by atoms with Crippen molar-refractivity contribution < 1.29 is 4.79 Å². The molecule has 1 aliphatic carbocycles. The smallest absolute Gasteiger partial charge is 0.176 e. The van der Waals surface area contributed by atoms with Crippen molar-refractivity contribution in [3.8, 4) is 0 Å². The number of rotatable bonds is 5. The van der Waals surface area contributed by atoms with Crippen molar-refractivity contribution in [1.29, 1.82) is 0 Å². The zero-order valence-electron chi connectivity index (χ0n) is 10.2. The van der Waals surface area contributed by atoms with E-state index in [4.69, 9.17) is 0 Å². The summed E-state index contributed by atoms with van der Waals surface area (Å²) < 4.78 is 0. The highest BCUT2D eigenvalue weighted by atomic mass is 16.1. The molecule has 1 aromatic carbocycles. The van der Waals surface area contributed by atoms with E-state index in [1.807, 2.05) is 30.3 Å². The lowest BCUT2D eigenvalue weighted by Gasteiger charge is -2.04. The highest BCUT2D eigenvalue weighted by Gasteiger charge is 2.20. The number of carbonyl (C=O) groups is 1. The van der Waals surface area contributed by atoms with E-state index in [1.165, 1.54) is 12.8 Å². The van der Waals surface area contributed by atoms with E-state index >= 15 is 0 Å². The van der Waals surface area contributed by atoms with Crippen molar-refractivity contribution in [2.45, 2.75) is 12.8 Å². The number of hydrogen-bond acceptors (Lipinski definition) is 3. The van der Waals surface area contributed by atoms with Gasteiger partial charge in [-0.1, -0.05) is 6.07 Å². The van der Waals surface area contributed by atoms with Crippen molar-refractivity contribution in [1.82, 2.24) is 10.3 Å². The topological polar surface area (TPSA) is 42.0 Å². The van der Waals surface area contributed by atoms with Crippen LogP contribution in [0.2, 0.25) is 0 Å². The standard InChI is InChI=1S/C15H16N2O/c18-15(10-16-9-11-3-4-11)13-5-6-14-12(8-13)2-1-7-17-14/h1-2,5-8,11,16H,3-4,9-10H2. The molecule has 0 amide bonds. The summed E-state index contributed by atoms with van der Waals surface area (Å²) in [5.74, 6) is 0.958. The van der Waals surface area contributed by atoms with Crippen molar-refractivity contribution >= 4 is 16.7 Å². The van der Waals surface area contributed by atoms with E-state index in [0.29, 0.717) is 6.54 Å². The van der Waals surface area contributed by atoms with Gasteiger partial charge in [0.05, 0.1) is 12.1 Å². The Bertz CT molecular complexity index is 575. The Labute approximate surface area is 106 Å². The lowest BCUT2D eigenvalue weighted by molar-refractivity contribution is 0.0991. The molecule has 1 heterocycles.